The zero-order chi connectivity index (χ0) is 17.8. The first-order valence-corrected chi connectivity index (χ1v) is 8.19. The van der Waals surface area contributed by atoms with E-state index in [1.807, 2.05) is 86.6 Å². The van der Waals surface area contributed by atoms with Gasteiger partial charge in [0.2, 0.25) is 0 Å². The molecule has 3 rings (SSSR count). The summed E-state index contributed by atoms with van der Waals surface area (Å²) in [5, 5.41) is 0. The van der Waals surface area contributed by atoms with Crippen LogP contribution in [0.3, 0.4) is 0 Å². The van der Waals surface area contributed by atoms with E-state index in [1.54, 1.807) is 12.1 Å². The van der Waals surface area contributed by atoms with E-state index < -0.39 is 0 Å². The van der Waals surface area contributed by atoms with Gasteiger partial charge in [0, 0.05) is 30.9 Å². The van der Waals surface area contributed by atoms with Crippen LogP contribution >= 0.6 is 0 Å². The van der Waals surface area contributed by atoms with Crippen LogP contribution in [0.25, 0.3) is 0 Å². The van der Waals surface area contributed by atoms with Crippen LogP contribution in [-0.4, -0.2) is 19.9 Å². The fraction of sp³-hybridized carbons (Fsp3) is 0.136. The van der Waals surface area contributed by atoms with E-state index in [0.717, 1.165) is 11.4 Å². The van der Waals surface area contributed by atoms with Crippen molar-refractivity contribution in [1.29, 1.82) is 0 Å². The number of carbonyl (C=O) groups is 1. The van der Waals surface area contributed by atoms with Gasteiger partial charge in [0.15, 0.2) is 5.78 Å². The average molecular weight is 331 g/mol. The molecule has 3 nitrogen and oxygen atoms in total. The summed E-state index contributed by atoms with van der Waals surface area (Å²) in [5.41, 5.74) is 3.58. The predicted molar refractivity (Wildman–Crippen MR) is 102 cm³/mol. The molecular formula is C22H21NO2. The summed E-state index contributed by atoms with van der Waals surface area (Å²) in [6, 6.07) is 22.7. The van der Waals surface area contributed by atoms with Gasteiger partial charge in [-0.05, 0) is 67.6 Å². The first-order valence-electron chi connectivity index (χ1n) is 8.19. The van der Waals surface area contributed by atoms with Crippen molar-refractivity contribution < 1.29 is 9.53 Å². The van der Waals surface area contributed by atoms with Crippen molar-refractivity contribution in [3.05, 3.63) is 89.5 Å². The van der Waals surface area contributed by atoms with Gasteiger partial charge < -0.3 is 9.64 Å². The van der Waals surface area contributed by atoms with Crippen molar-refractivity contribution in [2.45, 2.75) is 6.92 Å². The fourth-order valence-electron chi connectivity index (χ4n) is 2.49. The number of benzene rings is 3. The Labute approximate surface area is 148 Å². The van der Waals surface area contributed by atoms with E-state index >= 15 is 0 Å². The highest BCUT2D eigenvalue weighted by atomic mass is 16.5. The van der Waals surface area contributed by atoms with Gasteiger partial charge in [-0.2, -0.15) is 0 Å². The zero-order valence-electron chi connectivity index (χ0n) is 14.7. The summed E-state index contributed by atoms with van der Waals surface area (Å²) >= 11 is 0. The Morgan fingerprint density at radius 3 is 1.64 bits per heavy atom. The first kappa shape index (κ1) is 16.8. The van der Waals surface area contributed by atoms with Gasteiger partial charge in [-0.3, -0.25) is 4.79 Å². The molecule has 0 amide bonds. The minimum Gasteiger partial charge on any atom is -0.457 e. The molecular weight excluding hydrogens is 310 g/mol. The number of hydrogen-bond acceptors (Lipinski definition) is 3. The standard InChI is InChI=1S/C22H21NO2/c1-16-4-12-20(13-5-16)25-21-14-8-18(9-15-21)22(24)17-6-10-19(11-7-17)23(2)3/h4-15H,1-3H3. The molecule has 0 radical (unpaired) electrons. The summed E-state index contributed by atoms with van der Waals surface area (Å²) in [4.78, 5) is 14.6. The molecule has 0 fully saturated rings. The van der Waals surface area contributed by atoms with Crippen LogP contribution in [0, 0.1) is 6.92 Å². The third-order valence-corrected chi connectivity index (χ3v) is 4.02. The Morgan fingerprint density at radius 2 is 1.16 bits per heavy atom. The molecule has 0 N–H and O–H groups in total. The second-order valence-electron chi connectivity index (χ2n) is 6.21. The minimum atomic E-state index is 0.00666. The molecule has 3 aromatic rings. The lowest BCUT2D eigenvalue weighted by Gasteiger charge is -2.12. The van der Waals surface area contributed by atoms with E-state index in [-0.39, 0.29) is 5.78 Å². The number of ether oxygens (including phenoxy) is 1. The minimum absolute atomic E-state index is 0.00666. The van der Waals surface area contributed by atoms with Crippen molar-refractivity contribution in [2.24, 2.45) is 0 Å². The van der Waals surface area contributed by atoms with Gasteiger partial charge in [0.25, 0.3) is 0 Å². The van der Waals surface area contributed by atoms with Crippen LogP contribution in [0.2, 0.25) is 0 Å². The Kier molecular flexibility index (Phi) is 4.85. The Bertz CT molecular complexity index is 848. The molecule has 3 aromatic carbocycles. The summed E-state index contributed by atoms with van der Waals surface area (Å²) in [5.74, 6) is 1.50. The number of ketones is 1. The molecule has 126 valence electrons. The number of carbonyl (C=O) groups excluding carboxylic acids is 1. The maximum Gasteiger partial charge on any atom is 0.193 e. The number of anilines is 1. The number of hydrogen-bond donors (Lipinski definition) is 0. The van der Waals surface area contributed by atoms with Gasteiger partial charge in [-0.1, -0.05) is 17.7 Å². The van der Waals surface area contributed by atoms with Crippen molar-refractivity contribution in [3.63, 3.8) is 0 Å². The number of rotatable bonds is 5. The van der Waals surface area contributed by atoms with Crippen molar-refractivity contribution in [2.75, 3.05) is 19.0 Å². The molecule has 0 atom stereocenters. The molecule has 0 bridgehead atoms. The van der Waals surface area contributed by atoms with Gasteiger partial charge >= 0.3 is 0 Å². The van der Waals surface area contributed by atoms with Crippen LogP contribution in [0.5, 0.6) is 11.5 Å². The summed E-state index contributed by atoms with van der Waals surface area (Å²) in [6.45, 7) is 2.04. The topological polar surface area (TPSA) is 29.5 Å². The zero-order valence-corrected chi connectivity index (χ0v) is 14.7. The Hall–Kier alpha value is -3.07. The lowest BCUT2D eigenvalue weighted by atomic mass is 10.0. The van der Waals surface area contributed by atoms with Crippen molar-refractivity contribution in [3.8, 4) is 11.5 Å². The molecule has 0 unspecified atom stereocenters. The SMILES string of the molecule is Cc1ccc(Oc2ccc(C(=O)c3ccc(N(C)C)cc3)cc2)cc1. The van der Waals surface area contributed by atoms with E-state index in [2.05, 4.69) is 0 Å². The normalized spacial score (nSPS) is 10.4. The van der Waals surface area contributed by atoms with Gasteiger partial charge in [-0.25, -0.2) is 0 Å². The average Bonchev–Trinajstić information content (AvgIpc) is 2.64. The predicted octanol–water partition coefficient (Wildman–Crippen LogP) is 5.08. The molecule has 3 heteroatoms. The first-order chi connectivity index (χ1) is 12.0. The molecule has 0 aliphatic heterocycles. The lowest BCUT2D eigenvalue weighted by Crippen LogP contribution is -2.09. The molecule has 0 aliphatic carbocycles. The third-order valence-electron chi connectivity index (χ3n) is 4.02. The smallest absolute Gasteiger partial charge is 0.193 e. The fourth-order valence-corrected chi connectivity index (χ4v) is 2.49. The molecule has 0 heterocycles. The maximum atomic E-state index is 12.6. The van der Waals surface area contributed by atoms with Crippen molar-refractivity contribution >= 4 is 11.5 Å². The third kappa shape index (κ3) is 4.07. The van der Waals surface area contributed by atoms with Crippen LogP contribution in [0.15, 0.2) is 72.8 Å². The van der Waals surface area contributed by atoms with E-state index in [9.17, 15) is 4.79 Å². The highest BCUT2D eigenvalue weighted by Gasteiger charge is 2.09. The van der Waals surface area contributed by atoms with Gasteiger partial charge in [0.1, 0.15) is 11.5 Å². The van der Waals surface area contributed by atoms with Crippen LogP contribution < -0.4 is 9.64 Å². The summed E-state index contributed by atoms with van der Waals surface area (Å²) in [6.07, 6.45) is 0. The summed E-state index contributed by atoms with van der Waals surface area (Å²) < 4.78 is 5.80. The molecule has 25 heavy (non-hydrogen) atoms. The van der Waals surface area contributed by atoms with E-state index in [1.165, 1.54) is 5.56 Å². The largest absolute Gasteiger partial charge is 0.457 e. The van der Waals surface area contributed by atoms with Crippen molar-refractivity contribution in [1.82, 2.24) is 0 Å². The lowest BCUT2D eigenvalue weighted by molar-refractivity contribution is 0.103. The Morgan fingerprint density at radius 1 is 0.720 bits per heavy atom. The molecule has 0 saturated heterocycles. The van der Waals surface area contributed by atoms with Crippen LogP contribution in [-0.2, 0) is 0 Å². The quantitative estimate of drug-likeness (QED) is 0.610. The van der Waals surface area contributed by atoms with Gasteiger partial charge in [0.05, 0.1) is 0 Å². The Balaban J connectivity index is 1.72. The maximum absolute atomic E-state index is 12.6. The highest BCUT2D eigenvalue weighted by Crippen LogP contribution is 2.23. The molecule has 0 spiro atoms. The monoisotopic (exact) mass is 331 g/mol. The second-order valence-corrected chi connectivity index (χ2v) is 6.21. The number of nitrogens with zero attached hydrogens (tertiary/aromatic N) is 1. The molecule has 0 aliphatic rings. The highest BCUT2D eigenvalue weighted by molar-refractivity contribution is 6.09. The van der Waals surface area contributed by atoms with Crippen LogP contribution in [0.4, 0.5) is 5.69 Å². The van der Waals surface area contributed by atoms with Crippen LogP contribution in [0.1, 0.15) is 21.5 Å². The molecule has 0 saturated carbocycles. The molecule has 0 aromatic heterocycles. The van der Waals surface area contributed by atoms with Gasteiger partial charge in [-0.15, -0.1) is 0 Å². The summed E-state index contributed by atoms with van der Waals surface area (Å²) in [7, 11) is 3.95. The second kappa shape index (κ2) is 7.22. The van der Waals surface area contributed by atoms with E-state index in [4.69, 9.17) is 4.74 Å². The number of aryl methyl sites for hydroxylation is 1. The van der Waals surface area contributed by atoms with E-state index in [0.29, 0.717) is 16.9 Å².